The van der Waals surface area contributed by atoms with Gasteiger partial charge in [-0.1, -0.05) is 59.8 Å². The number of alkyl halides is 3. The minimum atomic E-state index is -4.63. The van der Waals surface area contributed by atoms with Crippen molar-refractivity contribution < 1.29 is 37.7 Å². The van der Waals surface area contributed by atoms with Gasteiger partial charge in [0.1, 0.15) is 11.9 Å². The van der Waals surface area contributed by atoms with Crippen LogP contribution in [-0.2, 0) is 14.3 Å². The van der Waals surface area contributed by atoms with Crippen LogP contribution in [0.2, 0.25) is 0 Å². The standard InChI is InChI=1S/C29H44F3NO5S/c1-8-19(4)39-16-22(33)14-18(3)23-13-12-21(29(30,31)32)11-9-10-17(2)26(36)20(5)27(37)28(6,7)24(34)15-25(35)38-23/h9-10,12,14,16-17,19-20,23-24,26,34,36H,8,11,13,15,33H2,1-7H3/b10-9+,18-14+,21-12+,22-16-/t17-,19?,20+,23-,24-,26-/m0/s1. The molecule has 0 bridgehead atoms. The number of hydrogen-bond donors (Lipinski definition) is 3. The Morgan fingerprint density at radius 3 is 2.46 bits per heavy atom. The fourth-order valence-electron chi connectivity index (χ4n) is 4.08. The molecule has 0 aromatic rings. The molecule has 6 nitrogen and oxygen atoms in total. The summed E-state index contributed by atoms with van der Waals surface area (Å²) in [6.45, 7) is 11.8. The number of nitrogens with two attached hydrogens (primary N) is 1. The first kappa shape index (κ1) is 35.0. The van der Waals surface area contributed by atoms with Gasteiger partial charge in [0.25, 0.3) is 0 Å². The second kappa shape index (κ2) is 15.1. The summed E-state index contributed by atoms with van der Waals surface area (Å²) in [4.78, 5) is 26.0. The molecular weight excluding hydrogens is 531 g/mol. The molecule has 0 aromatic heterocycles. The third-order valence-corrected chi connectivity index (χ3v) is 8.41. The zero-order chi connectivity index (χ0) is 30.1. The summed E-state index contributed by atoms with van der Waals surface area (Å²) < 4.78 is 46.9. The molecule has 0 radical (unpaired) electrons. The molecule has 6 atom stereocenters. The molecule has 0 fully saturated rings. The molecule has 0 amide bonds. The Balaban J connectivity index is 3.50. The SMILES string of the molecule is CCC(C)S/C=C(N)/C=C(\C)[C@@H]1C/C=C(/C(F)(F)F)C/C=C/[C@H](C)[C@H](O)[C@@H](C)C(=O)C(C)(C)[C@@H](O)CC(=O)O1. The van der Waals surface area contributed by atoms with Crippen molar-refractivity contribution in [2.45, 2.75) is 104 Å². The molecular formula is C29H44F3NO5S. The summed E-state index contributed by atoms with van der Waals surface area (Å²) in [5.41, 5.74) is 4.68. The van der Waals surface area contributed by atoms with Crippen LogP contribution in [0.4, 0.5) is 13.2 Å². The minimum absolute atomic E-state index is 0.268. The molecule has 1 heterocycles. The van der Waals surface area contributed by atoms with Crippen molar-refractivity contribution >= 4 is 23.5 Å². The molecule has 39 heavy (non-hydrogen) atoms. The van der Waals surface area contributed by atoms with E-state index in [9.17, 15) is 33.0 Å². The second-order valence-electron chi connectivity index (χ2n) is 10.9. The third-order valence-electron chi connectivity index (χ3n) is 7.20. The van der Waals surface area contributed by atoms with E-state index in [2.05, 4.69) is 0 Å². The zero-order valence-corrected chi connectivity index (χ0v) is 24.7. The van der Waals surface area contributed by atoms with Crippen LogP contribution < -0.4 is 5.73 Å². The van der Waals surface area contributed by atoms with Gasteiger partial charge in [-0.05, 0) is 36.8 Å². The predicted octanol–water partition coefficient (Wildman–Crippen LogP) is 5.99. The number of halogens is 3. The molecule has 0 saturated heterocycles. The van der Waals surface area contributed by atoms with E-state index in [1.807, 2.05) is 13.8 Å². The number of thioether (sulfide) groups is 1. The summed E-state index contributed by atoms with van der Waals surface area (Å²) in [5, 5.41) is 23.5. The monoisotopic (exact) mass is 575 g/mol. The number of Topliss-reactive ketones (excluding diaryl/α,β-unsaturated/α-hetero) is 1. The first-order valence-corrected chi connectivity index (χ1v) is 14.2. The van der Waals surface area contributed by atoms with Gasteiger partial charge < -0.3 is 20.7 Å². The Morgan fingerprint density at radius 2 is 1.90 bits per heavy atom. The van der Waals surface area contributed by atoms with Crippen LogP contribution in [-0.4, -0.2) is 51.7 Å². The van der Waals surface area contributed by atoms with E-state index in [-0.39, 0.29) is 6.42 Å². The second-order valence-corrected chi connectivity index (χ2v) is 12.2. The van der Waals surface area contributed by atoms with Crippen molar-refractivity contribution in [3.05, 3.63) is 46.6 Å². The molecule has 0 saturated carbocycles. The first-order valence-electron chi connectivity index (χ1n) is 13.2. The predicted molar refractivity (Wildman–Crippen MR) is 150 cm³/mol. The topological polar surface area (TPSA) is 110 Å². The lowest BCUT2D eigenvalue weighted by molar-refractivity contribution is -0.154. The molecule has 0 aliphatic carbocycles. The molecule has 10 heteroatoms. The first-order chi connectivity index (χ1) is 17.9. The average molecular weight is 576 g/mol. The van der Waals surface area contributed by atoms with Crippen LogP contribution in [0, 0.1) is 17.3 Å². The van der Waals surface area contributed by atoms with E-state index < -0.39 is 71.9 Å². The van der Waals surface area contributed by atoms with E-state index in [1.54, 1.807) is 25.3 Å². The van der Waals surface area contributed by atoms with Crippen molar-refractivity contribution in [3.63, 3.8) is 0 Å². The molecule has 1 rings (SSSR count). The fourth-order valence-corrected chi connectivity index (χ4v) is 4.73. The van der Waals surface area contributed by atoms with Crippen LogP contribution in [0.1, 0.15) is 74.1 Å². The van der Waals surface area contributed by atoms with Crippen LogP contribution in [0.25, 0.3) is 0 Å². The van der Waals surface area contributed by atoms with E-state index in [0.29, 0.717) is 16.5 Å². The van der Waals surface area contributed by atoms with Crippen molar-refractivity contribution in [2.75, 3.05) is 0 Å². The zero-order valence-electron chi connectivity index (χ0n) is 23.9. The molecule has 1 aliphatic rings. The Morgan fingerprint density at radius 1 is 1.28 bits per heavy atom. The third kappa shape index (κ3) is 10.8. The lowest BCUT2D eigenvalue weighted by Crippen LogP contribution is -2.45. The van der Waals surface area contributed by atoms with Crippen molar-refractivity contribution in [2.24, 2.45) is 23.0 Å². The number of cyclic esters (lactones) is 1. The highest BCUT2D eigenvalue weighted by Gasteiger charge is 2.42. The molecule has 1 aliphatic heterocycles. The van der Waals surface area contributed by atoms with Gasteiger partial charge in [0.05, 0.1) is 24.0 Å². The van der Waals surface area contributed by atoms with Crippen molar-refractivity contribution in [3.8, 4) is 0 Å². The maximum absolute atomic E-state index is 13.8. The van der Waals surface area contributed by atoms with E-state index in [0.717, 1.165) is 12.5 Å². The molecule has 0 aromatic carbocycles. The number of allylic oxidation sites excluding steroid dienone is 3. The van der Waals surface area contributed by atoms with Crippen molar-refractivity contribution in [1.82, 2.24) is 0 Å². The molecule has 0 spiro atoms. The number of aliphatic hydroxyl groups excluding tert-OH is 2. The van der Waals surface area contributed by atoms with Crippen molar-refractivity contribution in [1.29, 1.82) is 0 Å². The van der Waals surface area contributed by atoms with Gasteiger partial charge in [-0.15, -0.1) is 11.8 Å². The lowest BCUT2D eigenvalue weighted by atomic mass is 9.73. The van der Waals surface area contributed by atoms with Crippen LogP contribution in [0.3, 0.4) is 0 Å². The van der Waals surface area contributed by atoms with Crippen LogP contribution >= 0.6 is 11.8 Å². The summed E-state index contributed by atoms with van der Waals surface area (Å²) in [6.07, 6.45) is -3.35. The van der Waals surface area contributed by atoms with Gasteiger partial charge in [0.15, 0.2) is 0 Å². The highest BCUT2D eigenvalue weighted by molar-refractivity contribution is 8.02. The smallest absolute Gasteiger partial charge is 0.412 e. The average Bonchev–Trinajstić information content (AvgIpc) is 2.85. The molecule has 222 valence electrons. The Bertz CT molecular complexity index is 970. The Hall–Kier alpha value is -2.04. The van der Waals surface area contributed by atoms with E-state index in [1.165, 1.54) is 44.7 Å². The minimum Gasteiger partial charge on any atom is -0.457 e. The summed E-state index contributed by atoms with van der Waals surface area (Å²) >= 11 is 1.51. The Labute approximate surface area is 234 Å². The largest absolute Gasteiger partial charge is 0.457 e. The number of rotatable bonds is 5. The maximum Gasteiger partial charge on any atom is 0.412 e. The number of ether oxygens (including phenoxy) is 1. The highest BCUT2D eigenvalue weighted by Crippen LogP contribution is 2.33. The molecule has 1 unspecified atom stereocenters. The van der Waals surface area contributed by atoms with Gasteiger partial charge in [-0.25, -0.2) is 0 Å². The van der Waals surface area contributed by atoms with Gasteiger partial charge in [0.2, 0.25) is 0 Å². The Kier molecular flexibility index (Phi) is 13.5. The number of carbonyl (C=O) groups excluding carboxylic acids is 2. The number of carbonyl (C=O) groups is 2. The van der Waals surface area contributed by atoms with Gasteiger partial charge in [0, 0.05) is 34.8 Å². The lowest BCUT2D eigenvalue weighted by Gasteiger charge is -2.34. The number of esters is 1. The normalized spacial score (nSPS) is 31.7. The highest BCUT2D eigenvalue weighted by atomic mass is 32.2. The molecule has 4 N–H and O–H groups in total. The summed E-state index contributed by atoms with van der Waals surface area (Å²) in [7, 11) is 0. The van der Waals surface area contributed by atoms with Gasteiger partial charge in [-0.2, -0.15) is 13.2 Å². The fraction of sp³-hybridized carbons (Fsp3) is 0.655. The quantitative estimate of drug-likeness (QED) is 0.210. The van der Waals surface area contributed by atoms with Crippen LogP contribution in [0.5, 0.6) is 0 Å². The van der Waals surface area contributed by atoms with Gasteiger partial charge in [-0.3, -0.25) is 9.59 Å². The van der Waals surface area contributed by atoms with Gasteiger partial charge >= 0.3 is 12.1 Å². The number of ketones is 1. The van der Waals surface area contributed by atoms with E-state index in [4.69, 9.17) is 10.5 Å². The number of aliphatic hydroxyl groups is 2. The van der Waals surface area contributed by atoms with E-state index >= 15 is 0 Å². The number of hydrogen-bond acceptors (Lipinski definition) is 7. The summed E-state index contributed by atoms with van der Waals surface area (Å²) in [6, 6.07) is 0. The summed E-state index contributed by atoms with van der Waals surface area (Å²) in [5.74, 6) is -2.89. The maximum atomic E-state index is 13.8. The van der Waals surface area contributed by atoms with Crippen LogP contribution in [0.15, 0.2) is 46.6 Å².